The number of fused-ring (bicyclic) bond motifs is 13. The molecular formula is C37H25N3. The van der Waals surface area contributed by atoms with E-state index in [0.717, 1.165) is 28.8 Å². The number of hydrogen-bond donors (Lipinski definition) is 0. The Bertz CT molecular complexity index is 2340. The molecule has 2 aromatic heterocycles. The lowest BCUT2D eigenvalue weighted by molar-refractivity contribution is 0.794. The highest BCUT2D eigenvalue weighted by molar-refractivity contribution is 6.26. The summed E-state index contributed by atoms with van der Waals surface area (Å²) in [4.78, 5) is 10.3. The van der Waals surface area contributed by atoms with Crippen LogP contribution < -0.4 is 0 Å². The van der Waals surface area contributed by atoms with Crippen LogP contribution in [0, 0.1) is 6.92 Å². The van der Waals surface area contributed by atoms with Crippen molar-refractivity contribution in [3.8, 4) is 11.1 Å². The molecule has 0 spiro atoms. The van der Waals surface area contributed by atoms with Gasteiger partial charge in [-0.3, -0.25) is 0 Å². The van der Waals surface area contributed by atoms with Crippen LogP contribution in [0.1, 0.15) is 22.6 Å². The van der Waals surface area contributed by atoms with Crippen LogP contribution in [0.15, 0.2) is 109 Å². The van der Waals surface area contributed by atoms with Gasteiger partial charge >= 0.3 is 0 Å². The minimum absolute atomic E-state index is 0.616. The van der Waals surface area contributed by atoms with Crippen LogP contribution in [-0.4, -0.2) is 14.5 Å². The number of para-hydroxylation sites is 1. The van der Waals surface area contributed by atoms with Gasteiger partial charge < -0.3 is 4.57 Å². The molecular weight excluding hydrogens is 486 g/mol. The molecule has 0 unspecified atom stereocenters. The van der Waals surface area contributed by atoms with Crippen LogP contribution in [0.2, 0.25) is 0 Å². The van der Waals surface area contributed by atoms with Gasteiger partial charge in [0.2, 0.25) is 0 Å². The second-order valence-corrected chi connectivity index (χ2v) is 11.0. The molecule has 0 atom stereocenters. The van der Waals surface area contributed by atoms with E-state index in [1.54, 1.807) is 0 Å². The van der Waals surface area contributed by atoms with Crippen molar-refractivity contribution in [2.45, 2.75) is 19.9 Å². The summed E-state index contributed by atoms with van der Waals surface area (Å²) in [6.45, 7) is 2.72. The normalized spacial score (nSPS) is 12.6. The number of benzene rings is 6. The third-order valence-electron chi connectivity index (χ3n) is 8.81. The Kier molecular flexibility index (Phi) is 4.37. The maximum absolute atomic E-state index is 5.22. The SMILES string of the molecule is Cc1nc(Cn2c3ccccc3c3c4ccccc4c4c(c32)Cc2ccccc2-4)nc2c1ccc1ccccc12. The fourth-order valence-corrected chi connectivity index (χ4v) is 7.13. The summed E-state index contributed by atoms with van der Waals surface area (Å²) in [5.74, 6) is 0.849. The van der Waals surface area contributed by atoms with E-state index in [0.29, 0.717) is 6.54 Å². The van der Waals surface area contributed by atoms with Gasteiger partial charge in [-0.25, -0.2) is 9.97 Å². The average Bonchev–Trinajstić information content (AvgIpc) is 3.54. The summed E-state index contributed by atoms with van der Waals surface area (Å²) in [5, 5.41) is 8.77. The number of rotatable bonds is 2. The topological polar surface area (TPSA) is 30.7 Å². The van der Waals surface area contributed by atoms with E-state index >= 15 is 0 Å². The molecule has 0 radical (unpaired) electrons. The monoisotopic (exact) mass is 511 g/mol. The van der Waals surface area contributed by atoms with Gasteiger partial charge in [0.15, 0.2) is 0 Å². The van der Waals surface area contributed by atoms with E-state index in [4.69, 9.17) is 9.97 Å². The quantitative estimate of drug-likeness (QED) is 0.217. The molecule has 0 saturated carbocycles. The van der Waals surface area contributed by atoms with E-state index < -0.39 is 0 Å². The van der Waals surface area contributed by atoms with Crippen molar-refractivity contribution in [3.63, 3.8) is 0 Å². The molecule has 2 heterocycles. The second-order valence-electron chi connectivity index (χ2n) is 11.0. The largest absolute Gasteiger partial charge is 0.332 e. The fourth-order valence-electron chi connectivity index (χ4n) is 7.13. The molecule has 3 heteroatoms. The molecule has 1 aliphatic carbocycles. The Balaban J connectivity index is 1.38. The Morgan fingerprint density at radius 2 is 1.38 bits per heavy atom. The van der Waals surface area contributed by atoms with Crippen LogP contribution in [0.5, 0.6) is 0 Å². The van der Waals surface area contributed by atoms with Crippen molar-refractivity contribution in [1.29, 1.82) is 0 Å². The molecule has 3 nitrogen and oxygen atoms in total. The van der Waals surface area contributed by atoms with Crippen LogP contribution >= 0.6 is 0 Å². The van der Waals surface area contributed by atoms with Crippen LogP contribution in [0.4, 0.5) is 0 Å². The molecule has 6 aromatic carbocycles. The van der Waals surface area contributed by atoms with Crippen LogP contribution in [0.3, 0.4) is 0 Å². The van der Waals surface area contributed by atoms with E-state index in [2.05, 4.69) is 121 Å². The standard InChI is InChI=1S/C37H25N3/c1-22-25-19-18-23-10-2-5-13-27(23)36(25)39-33(38-22)21-40-32-17-9-8-16-30(32)35-29-15-7-6-14-28(29)34-26-12-4-3-11-24(26)20-31(34)37(35)40/h2-19H,20-21H2,1H3. The van der Waals surface area contributed by atoms with Crippen molar-refractivity contribution in [2.24, 2.45) is 0 Å². The zero-order valence-corrected chi connectivity index (χ0v) is 22.1. The molecule has 188 valence electrons. The van der Waals surface area contributed by atoms with Gasteiger partial charge in [-0.1, -0.05) is 103 Å². The first-order valence-corrected chi connectivity index (χ1v) is 13.9. The third-order valence-corrected chi connectivity index (χ3v) is 8.81. The van der Waals surface area contributed by atoms with E-state index in [1.165, 1.54) is 65.6 Å². The lowest BCUT2D eigenvalue weighted by Gasteiger charge is -2.14. The highest BCUT2D eigenvalue weighted by Gasteiger charge is 2.27. The summed E-state index contributed by atoms with van der Waals surface area (Å²) < 4.78 is 2.48. The first kappa shape index (κ1) is 21.9. The highest BCUT2D eigenvalue weighted by atomic mass is 15.0. The molecule has 8 aromatic rings. The molecule has 9 rings (SSSR count). The van der Waals surface area contributed by atoms with Gasteiger partial charge in [-0.15, -0.1) is 0 Å². The van der Waals surface area contributed by atoms with Crippen LogP contribution in [0.25, 0.3) is 65.4 Å². The predicted molar refractivity (Wildman–Crippen MR) is 166 cm³/mol. The van der Waals surface area contributed by atoms with E-state index in [1.807, 2.05) is 0 Å². The number of hydrogen-bond acceptors (Lipinski definition) is 2. The Morgan fingerprint density at radius 3 is 2.27 bits per heavy atom. The van der Waals surface area contributed by atoms with Crippen molar-refractivity contribution in [3.05, 3.63) is 132 Å². The zero-order chi connectivity index (χ0) is 26.4. The Hall–Kier alpha value is -5.02. The van der Waals surface area contributed by atoms with Crippen molar-refractivity contribution in [2.75, 3.05) is 0 Å². The maximum Gasteiger partial charge on any atom is 0.148 e. The average molecular weight is 512 g/mol. The molecule has 0 bridgehead atoms. The number of nitrogens with zero attached hydrogens (tertiary/aromatic N) is 3. The maximum atomic E-state index is 5.22. The lowest BCUT2D eigenvalue weighted by atomic mass is 9.94. The minimum Gasteiger partial charge on any atom is -0.332 e. The van der Waals surface area contributed by atoms with Crippen molar-refractivity contribution >= 4 is 54.3 Å². The summed E-state index contributed by atoms with van der Waals surface area (Å²) in [6.07, 6.45) is 0.936. The molecule has 40 heavy (non-hydrogen) atoms. The molecule has 0 amide bonds. The van der Waals surface area contributed by atoms with Crippen molar-refractivity contribution < 1.29 is 0 Å². The first-order chi connectivity index (χ1) is 19.8. The molecule has 0 saturated heterocycles. The van der Waals surface area contributed by atoms with Gasteiger partial charge in [0.1, 0.15) is 5.82 Å². The molecule has 0 aliphatic heterocycles. The van der Waals surface area contributed by atoms with Gasteiger partial charge in [0, 0.05) is 39.2 Å². The van der Waals surface area contributed by atoms with Gasteiger partial charge in [0.25, 0.3) is 0 Å². The first-order valence-electron chi connectivity index (χ1n) is 13.9. The number of aryl methyl sites for hydroxylation is 1. The van der Waals surface area contributed by atoms with Gasteiger partial charge in [-0.2, -0.15) is 0 Å². The smallest absolute Gasteiger partial charge is 0.148 e. The Labute approximate surface area is 231 Å². The highest BCUT2D eigenvalue weighted by Crippen LogP contribution is 2.48. The third kappa shape index (κ3) is 2.89. The predicted octanol–water partition coefficient (Wildman–Crippen LogP) is 8.97. The second kappa shape index (κ2) is 8.00. The van der Waals surface area contributed by atoms with E-state index in [-0.39, 0.29) is 0 Å². The minimum atomic E-state index is 0.616. The summed E-state index contributed by atoms with van der Waals surface area (Å²) >= 11 is 0. The fraction of sp³-hybridized carbons (Fsp3) is 0.0811. The molecule has 1 aliphatic rings. The van der Waals surface area contributed by atoms with Gasteiger partial charge in [0.05, 0.1) is 17.6 Å². The zero-order valence-electron chi connectivity index (χ0n) is 22.1. The van der Waals surface area contributed by atoms with Crippen LogP contribution in [-0.2, 0) is 13.0 Å². The number of aromatic nitrogens is 3. The summed E-state index contributed by atoms with van der Waals surface area (Å²) in [7, 11) is 0. The van der Waals surface area contributed by atoms with Crippen molar-refractivity contribution in [1.82, 2.24) is 14.5 Å². The molecule has 0 N–H and O–H groups in total. The Morgan fingerprint density at radius 1 is 0.650 bits per heavy atom. The summed E-state index contributed by atoms with van der Waals surface area (Å²) in [6, 6.07) is 39.5. The molecule has 0 fully saturated rings. The lowest BCUT2D eigenvalue weighted by Crippen LogP contribution is -2.07. The van der Waals surface area contributed by atoms with E-state index in [9.17, 15) is 0 Å². The van der Waals surface area contributed by atoms with Gasteiger partial charge in [-0.05, 0) is 51.4 Å². The summed E-state index contributed by atoms with van der Waals surface area (Å²) in [5.41, 5.74) is 10.1.